The second kappa shape index (κ2) is 10.8. The van der Waals surface area contributed by atoms with Gasteiger partial charge in [0.1, 0.15) is 0 Å². The minimum atomic E-state index is 0.683. The molecule has 0 aliphatic rings. The molecule has 0 aromatic carbocycles. The summed E-state index contributed by atoms with van der Waals surface area (Å²) in [5.74, 6) is 4.74. The SMILES string of the molecule is NCCNCCNCCNON. The predicted molar refractivity (Wildman–Crippen MR) is 48.1 cm³/mol. The number of hydroxylamine groups is 1. The number of rotatable bonds is 9. The van der Waals surface area contributed by atoms with Gasteiger partial charge in [-0.05, 0) is 0 Å². The highest BCUT2D eigenvalue weighted by Crippen LogP contribution is 1.59. The molecule has 6 nitrogen and oxygen atoms in total. The van der Waals surface area contributed by atoms with E-state index in [1.807, 2.05) is 0 Å². The molecule has 0 rings (SSSR count). The lowest BCUT2D eigenvalue weighted by Crippen LogP contribution is -2.34. The van der Waals surface area contributed by atoms with Gasteiger partial charge in [0.15, 0.2) is 0 Å². The normalized spacial score (nSPS) is 10.5. The van der Waals surface area contributed by atoms with Crippen molar-refractivity contribution in [3.8, 4) is 0 Å². The fourth-order valence-electron chi connectivity index (χ4n) is 0.727. The molecule has 0 aliphatic heterocycles. The molecule has 6 heteroatoms. The van der Waals surface area contributed by atoms with E-state index in [0.29, 0.717) is 13.1 Å². The van der Waals surface area contributed by atoms with Crippen molar-refractivity contribution >= 4 is 0 Å². The molecule has 0 spiro atoms. The predicted octanol–water partition coefficient (Wildman–Crippen LogP) is -2.48. The van der Waals surface area contributed by atoms with Gasteiger partial charge in [-0.25, -0.2) is 4.94 Å². The molecule has 0 saturated carbocycles. The molecule has 0 saturated heterocycles. The molecule has 0 amide bonds. The average Bonchev–Trinajstić information content (AvgIpc) is 2.10. The van der Waals surface area contributed by atoms with Gasteiger partial charge in [0.05, 0.1) is 0 Å². The van der Waals surface area contributed by atoms with Gasteiger partial charge in [-0.2, -0.15) is 11.4 Å². The first-order valence-electron chi connectivity index (χ1n) is 4.12. The Kier molecular flexibility index (Phi) is 10.5. The van der Waals surface area contributed by atoms with Crippen LogP contribution in [0.1, 0.15) is 0 Å². The molecule has 0 aromatic rings. The highest BCUT2D eigenvalue weighted by molar-refractivity contribution is 4.52. The lowest BCUT2D eigenvalue weighted by molar-refractivity contribution is 0.0418. The quantitative estimate of drug-likeness (QED) is 0.198. The van der Waals surface area contributed by atoms with E-state index in [0.717, 1.165) is 26.2 Å². The molecule has 0 aliphatic carbocycles. The third-order valence-corrected chi connectivity index (χ3v) is 1.29. The Balaban J connectivity index is 2.73. The topological polar surface area (TPSA) is 97.4 Å². The van der Waals surface area contributed by atoms with Crippen LogP contribution in [-0.4, -0.2) is 39.3 Å². The van der Waals surface area contributed by atoms with Crippen LogP contribution < -0.4 is 27.7 Å². The van der Waals surface area contributed by atoms with Gasteiger partial charge >= 0.3 is 0 Å². The molecular weight excluding hydrogens is 158 g/mol. The van der Waals surface area contributed by atoms with Crippen LogP contribution >= 0.6 is 0 Å². The van der Waals surface area contributed by atoms with Crippen molar-refractivity contribution in [2.24, 2.45) is 11.6 Å². The molecule has 7 N–H and O–H groups in total. The lowest BCUT2D eigenvalue weighted by Gasteiger charge is -2.05. The van der Waals surface area contributed by atoms with Crippen LogP contribution in [-0.2, 0) is 4.94 Å². The summed E-state index contributed by atoms with van der Waals surface area (Å²) in [7, 11) is 0. The highest BCUT2D eigenvalue weighted by Gasteiger charge is 1.86. The van der Waals surface area contributed by atoms with Gasteiger partial charge in [0.25, 0.3) is 0 Å². The summed E-state index contributed by atoms with van der Waals surface area (Å²) < 4.78 is 0. The van der Waals surface area contributed by atoms with E-state index >= 15 is 0 Å². The van der Waals surface area contributed by atoms with E-state index in [1.54, 1.807) is 0 Å². The Morgan fingerprint density at radius 2 is 1.50 bits per heavy atom. The van der Waals surface area contributed by atoms with E-state index < -0.39 is 0 Å². The maximum atomic E-state index is 5.29. The molecule has 0 aromatic heterocycles. The van der Waals surface area contributed by atoms with Crippen LogP contribution in [0.2, 0.25) is 0 Å². The Morgan fingerprint density at radius 1 is 0.917 bits per heavy atom. The summed E-state index contributed by atoms with van der Waals surface area (Å²) in [4.78, 5) is 4.16. The Bertz CT molecular complexity index is 72.3. The smallest absolute Gasteiger partial charge is 0.0354 e. The van der Waals surface area contributed by atoms with Gasteiger partial charge in [-0.15, -0.1) is 0 Å². The number of nitrogens with one attached hydrogen (secondary N) is 3. The van der Waals surface area contributed by atoms with Crippen molar-refractivity contribution < 1.29 is 4.94 Å². The lowest BCUT2D eigenvalue weighted by atomic mass is 10.5. The maximum Gasteiger partial charge on any atom is 0.0354 e. The first-order valence-corrected chi connectivity index (χ1v) is 4.12. The van der Waals surface area contributed by atoms with Gasteiger partial charge in [0.2, 0.25) is 0 Å². The van der Waals surface area contributed by atoms with Crippen molar-refractivity contribution in [1.82, 2.24) is 16.1 Å². The average molecular weight is 177 g/mol. The molecule has 74 valence electrons. The second-order valence-corrected chi connectivity index (χ2v) is 2.30. The van der Waals surface area contributed by atoms with E-state index in [9.17, 15) is 0 Å². The maximum absolute atomic E-state index is 5.29. The monoisotopic (exact) mass is 177 g/mol. The van der Waals surface area contributed by atoms with Gasteiger partial charge in [-0.3, -0.25) is 0 Å². The third-order valence-electron chi connectivity index (χ3n) is 1.29. The minimum Gasteiger partial charge on any atom is -0.329 e. The molecule has 0 fully saturated rings. The fraction of sp³-hybridized carbons (Fsp3) is 1.00. The Morgan fingerprint density at radius 3 is 2.08 bits per heavy atom. The number of nitrogens with two attached hydrogens (primary N) is 2. The summed E-state index contributed by atoms with van der Waals surface area (Å²) in [6, 6.07) is 0. The van der Waals surface area contributed by atoms with Crippen LogP contribution in [0.4, 0.5) is 0 Å². The molecular formula is C6H19N5O. The van der Waals surface area contributed by atoms with Crippen molar-refractivity contribution in [3.63, 3.8) is 0 Å². The zero-order valence-electron chi connectivity index (χ0n) is 7.31. The van der Waals surface area contributed by atoms with E-state index in [-0.39, 0.29) is 0 Å². The van der Waals surface area contributed by atoms with E-state index in [2.05, 4.69) is 21.1 Å². The van der Waals surface area contributed by atoms with Crippen LogP contribution in [0.15, 0.2) is 0 Å². The van der Waals surface area contributed by atoms with Crippen LogP contribution in [0, 0.1) is 0 Å². The van der Waals surface area contributed by atoms with Crippen LogP contribution in [0.25, 0.3) is 0 Å². The third kappa shape index (κ3) is 9.76. The van der Waals surface area contributed by atoms with Crippen molar-refractivity contribution in [3.05, 3.63) is 0 Å². The minimum absolute atomic E-state index is 0.683. The van der Waals surface area contributed by atoms with Crippen LogP contribution in [0.5, 0.6) is 0 Å². The largest absolute Gasteiger partial charge is 0.329 e. The van der Waals surface area contributed by atoms with E-state index in [4.69, 9.17) is 11.6 Å². The first kappa shape index (κ1) is 11.8. The zero-order chi connectivity index (χ0) is 9.07. The number of hydrogen-bond donors (Lipinski definition) is 5. The second-order valence-electron chi connectivity index (χ2n) is 2.30. The van der Waals surface area contributed by atoms with E-state index in [1.165, 1.54) is 0 Å². The van der Waals surface area contributed by atoms with Gasteiger partial charge in [-0.1, -0.05) is 0 Å². The van der Waals surface area contributed by atoms with Crippen molar-refractivity contribution in [1.29, 1.82) is 0 Å². The molecule has 0 atom stereocenters. The Hall–Kier alpha value is -0.240. The molecule has 12 heavy (non-hydrogen) atoms. The first-order chi connectivity index (χ1) is 5.91. The summed E-state index contributed by atoms with van der Waals surface area (Å²) in [6.07, 6.45) is 0. The fourth-order valence-corrected chi connectivity index (χ4v) is 0.727. The number of hydrogen-bond acceptors (Lipinski definition) is 6. The summed E-state index contributed by atoms with van der Waals surface area (Å²) in [5, 5.41) is 6.34. The van der Waals surface area contributed by atoms with Gasteiger partial charge in [0, 0.05) is 39.3 Å². The molecule has 0 heterocycles. The molecule has 0 radical (unpaired) electrons. The Labute approximate surface area is 72.9 Å². The standard InChI is InChI=1S/C6H19N5O/c7-1-2-9-3-4-10-5-6-11-12-8/h9-11H,1-8H2. The van der Waals surface area contributed by atoms with Gasteiger partial charge < -0.3 is 16.4 Å². The van der Waals surface area contributed by atoms with Crippen LogP contribution in [0.3, 0.4) is 0 Å². The summed E-state index contributed by atoms with van der Waals surface area (Å²) in [5.41, 5.74) is 7.81. The summed E-state index contributed by atoms with van der Waals surface area (Å²) >= 11 is 0. The summed E-state index contributed by atoms with van der Waals surface area (Å²) in [6.45, 7) is 4.94. The van der Waals surface area contributed by atoms with Crippen molar-refractivity contribution in [2.75, 3.05) is 39.3 Å². The van der Waals surface area contributed by atoms with Crippen molar-refractivity contribution in [2.45, 2.75) is 0 Å². The zero-order valence-corrected chi connectivity index (χ0v) is 7.31. The highest BCUT2D eigenvalue weighted by atomic mass is 16.8. The molecule has 0 unspecified atom stereocenters. The molecule has 0 bridgehead atoms.